The molecule has 9 nitrogen and oxygen atoms in total. The zero-order valence-electron chi connectivity index (χ0n) is 21.6. The van der Waals surface area contributed by atoms with E-state index in [1.165, 1.54) is 27.1 Å². The zero-order valence-corrected chi connectivity index (χ0v) is 21.6. The third kappa shape index (κ3) is 6.95. The minimum atomic E-state index is -1.20. The van der Waals surface area contributed by atoms with Crippen LogP contribution in [0.3, 0.4) is 0 Å². The summed E-state index contributed by atoms with van der Waals surface area (Å²) in [5.41, 5.74) is 0. The van der Waals surface area contributed by atoms with Crippen molar-refractivity contribution in [1.82, 2.24) is 0 Å². The van der Waals surface area contributed by atoms with Gasteiger partial charge in [0, 0.05) is 18.3 Å². The first-order valence-corrected chi connectivity index (χ1v) is 12.1. The Hall–Kier alpha value is -1.65. The second-order valence-electron chi connectivity index (χ2n) is 10.6. The summed E-state index contributed by atoms with van der Waals surface area (Å²) in [7, 11) is 2.93. The second-order valence-corrected chi connectivity index (χ2v) is 10.6. The largest absolute Gasteiger partial charge is 0.633 e. The number of hydrogen-bond acceptors (Lipinski definition) is 8. The Morgan fingerprint density at radius 1 is 1.15 bits per heavy atom. The van der Waals surface area contributed by atoms with E-state index in [1.54, 1.807) is 26.8 Å². The van der Waals surface area contributed by atoms with E-state index >= 15 is 0 Å². The predicted octanol–water partition coefficient (Wildman–Crippen LogP) is 2.38. The molecule has 10 atom stereocenters. The molecule has 34 heavy (non-hydrogen) atoms. The van der Waals surface area contributed by atoms with Crippen molar-refractivity contribution in [1.29, 1.82) is 0 Å². The number of nitrogens with zero attached hydrogens (tertiary/aromatic N) is 1. The number of hydrogen-bond donors (Lipinski definition) is 1. The number of carbonyl (C=O) groups excluding carboxylic acids is 3. The van der Waals surface area contributed by atoms with Crippen LogP contribution in [0, 0.1) is 28.9 Å². The van der Waals surface area contributed by atoms with Gasteiger partial charge < -0.3 is 29.2 Å². The lowest BCUT2D eigenvalue weighted by Gasteiger charge is -2.49. The van der Waals surface area contributed by atoms with E-state index in [0.29, 0.717) is 12.8 Å². The molecule has 0 radical (unpaired) electrons. The maximum absolute atomic E-state index is 13.1. The first kappa shape index (κ1) is 28.6. The predicted molar refractivity (Wildman–Crippen MR) is 125 cm³/mol. The van der Waals surface area contributed by atoms with Crippen molar-refractivity contribution in [3.05, 3.63) is 17.4 Å². The number of ketones is 2. The van der Waals surface area contributed by atoms with Crippen molar-refractivity contribution in [2.75, 3.05) is 14.1 Å². The highest BCUT2D eigenvalue weighted by Crippen LogP contribution is 2.33. The number of likely N-dealkylation sites (N-methyl/N-ethyl adjacent to an activating group) is 1. The molecular weight excluding hydrogens is 442 g/mol. The third-order valence-electron chi connectivity index (χ3n) is 7.02. The fraction of sp³-hybridized carbons (Fsp3) is 0.800. The zero-order chi connectivity index (χ0) is 26.0. The molecule has 0 aromatic carbocycles. The maximum Gasteiger partial charge on any atom is 0.312 e. The van der Waals surface area contributed by atoms with Gasteiger partial charge in [0.2, 0.25) is 0 Å². The lowest BCUT2D eigenvalue weighted by molar-refractivity contribution is -0.874. The molecule has 1 N–H and O–H groups in total. The van der Waals surface area contributed by atoms with Crippen LogP contribution >= 0.6 is 0 Å². The Labute approximate surface area is 202 Å². The van der Waals surface area contributed by atoms with Gasteiger partial charge in [-0.3, -0.25) is 14.4 Å². The van der Waals surface area contributed by atoms with Gasteiger partial charge in [0.05, 0.1) is 32.2 Å². The van der Waals surface area contributed by atoms with Crippen LogP contribution in [0.1, 0.15) is 54.4 Å². The molecule has 2 aliphatic rings. The number of aliphatic hydroxyl groups excluding tert-OH is 1. The first-order valence-electron chi connectivity index (χ1n) is 12.1. The van der Waals surface area contributed by atoms with E-state index in [-0.39, 0.29) is 29.5 Å². The van der Waals surface area contributed by atoms with E-state index in [9.17, 15) is 24.7 Å². The van der Waals surface area contributed by atoms with Gasteiger partial charge >= 0.3 is 5.97 Å². The fourth-order valence-electron chi connectivity index (χ4n) is 4.91. The SMILES string of the molecule is CC(=O)[C@H]1OC(=O)[C@H](C)[C@@H](O[C@H]2O[C@H](C)C[C@H]([N+](C)(C)[O-])[C@H]2O)[C@@H](C)C[C@@H](C)C(=O)/C=C/[C@H]1C. The van der Waals surface area contributed by atoms with Crippen LogP contribution in [0.15, 0.2) is 12.2 Å². The molecule has 0 aromatic heterocycles. The Balaban J connectivity index is 2.38. The summed E-state index contributed by atoms with van der Waals surface area (Å²) in [5, 5.41) is 23.5. The molecule has 0 saturated carbocycles. The van der Waals surface area contributed by atoms with Gasteiger partial charge in [-0.2, -0.15) is 0 Å². The number of hydroxylamine groups is 3. The van der Waals surface area contributed by atoms with Crippen LogP contribution in [-0.2, 0) is 28.6 Å². The summed E-state index contributed by atoms with van der Waals surface area (Å²) < 4.78 is 16.9. The van der Waals surface area contributed by atoms with E-state index in [2.05, 4.69) is 0 Å². The van der Waals surface area contributed by atoms with Crippen LogP contribution in [0.5, 0.6) is 0 Å². The highest BCUT2D eigenvalue weighted by atomic mass is 16.7. The molecule has 2 aliphatic heterocycles. The quantitative estimate of drug-likeness (QED) is 0.367. The molecule has 0 aliphatic carbocycles. The van der Waals surface area contributed by atoms with Crippen molar-refractivity contribution < 1.29 is 38.3 Å². The molecule has 9 heteroatoms. The van der Waals surface area contributed by atoms with Crippen molar-refractivity contribution in [2.24, 2.45) is 23.7 Å². The number of Topliss-reactive ketones (excluding diaryl/α,β-unsaturated/α-hetero) is 1. The van der Waals surface area contributed by atoms with Gasteiger partial charge in [0.1, 0.15) is 6.04 Å². The number of cyclic esters (lactones) is 1. The number of allylic oxidation sites excluding steroid dienone is 1. The van der Waals surface area contributed by atoms with Crippen LogP contribution in [-0.4, -0.2) is 78.1 Å². The van der Waals surface area contributed by atoms with E-state index in [4.69, 9.17) is 14.2 Å². The van der Waals surface area contributed by atoms with Gasteiger partial charge in [0.15, 0.2) is 30.1 Å². The van der Waals surface area contributed by atoms with E-state index < -0.39 is 53.1 Å². The number of aliphatic hydroxyl groups is 1. The number of ether oxygens (including phenoxy) is 3. The lowest BCUT2D eigenvalue weighted by Crippen LogP contribution is -2.61. The highest BCUT2D eigenvalue weighted by molar-refractivity contribution is 5.92. The Morgan fingerprint density at radius 3 is 2.32 bits per heavy atom. The van der Waals surface area contributed by atoms with E-state index in [1.807, 2.05) is 13.8 Å². The third-order valence-corrected chi connectivity index (χ3v) is 7.02. The first-order chi connectivity index (χ1) is 15.6. The average molecular weight is 484 g/mol. The van der Waals surface area contributed by atoms with Gasteiger partial charge in [-0.1, -0.05) is 26.8 Å². The Bertz CT molecular complexity index is 775. The number of esters is 1. The average Bonchev–Trinajstić information content (AvgIpc) is 2.73. The summed E-state index contributed by atoms with van der Waals surface area (Å²) in [6, 6.07) is -0.661. The Kier molecular flexibility index (Phi) is 9.58. The fourth-order valence-corrected chi connectivity index (χ4v) is 4.91. The second kappa shape index (κ2) is 11.4. The maximum atomic E-state index is 13.1. The van der Waals surface area contributed by atoms with Crippen molar-refractivity contribution in [3.63, 3.8) is 0 Å². The lowest BCUT2D eigenvalue weighted by atomic mass is 9.84. The monoisotopic (exact) mass is 483 g/mol. The summed E-state index contributed by atoms with van der Waals surface area (Å²) >= 11 is 0. The van der Waals surface area contributed by atoms with E-state index in [0.717, 1.165) is 0 Å². The molecule has 0 spiro atoms. The molecule has 2 rings (SSSR count). The van der Waals surface area contributed by atoms with Gasteiger partial charge in [-0.25, -0.2) is 0 Å². The van der Waals surface area contributed by atoms with Crippen molar-refractivity contribution in [3.8, 4) is 0 Å². The molecule has 0 aromatic rings. The molecule has 1 saturated heterocycles. The van der Waals surface area contributed by atoms with Crippen LogP contribution in [0.4, 0.5) is 0 Å². The molecule has 0 amide bonds. The summed E-state index contributed by atoms with van der Waals surface area (Å²) in [4.78, 5) is 38.0. The molecule has 1 fully saturated rings. The van der Waals surface area contributed by atoms with Gasteiger partial charge in [-0.15, -0.1) is 0 Å². The summed E-state index contributed by atoms with van der Waals surface area (Å²) in [5.74, 6) is -2.93. The summed E-state index contributed by atoms with van der Waals surface area (Å²) in [6.07, 6.45) is -0.599. The van der Waals surface area contributed by atoms with Crippen LogP contribution in [0.25, 0.3) is 0 Å². The van der Waals surface area contributed by atoms with Crippen LogP contribution < -0.4 is 0 Å². The molecular formula is C25H41NO8. The number of rotatable bonds is 4. The minimum Gasteiger partial charge on any atom is -0.633 e. The highest BCUT2D eigenvalue weighted by Gasteiger charge is 2.46. The molecule has 0 bridgehead atoms. The van der Waals surface area contributed by atoms with Crippen LogP contribution in [0.2, 0.25) is 0 Å². The standard InChI is InChI=1S/C25H41NO8/c1-13-9-10-20(28)14(2)11-15(3)22(17(5)24(30)33-23(13)18(6)27)34-25-21(29)19(26(7,8)31)12-16(4)32-25/h9-10,13-17,19,21-23,25,29H,11-12H2,1-8H3/b10-9+/t13-,14-,15+,16-,17-,19+,21-,22+,23+,25-/m1/s1. The number of carbonyl (C=O) groups is 3. The van der Waals surface area contributed by atoms with Crippen molar-refractivity contribution in [2.45, 2.75) is 91.1 Å². The molecule has 194 valence electrons. The topological polar surface area (TPSA) is 122 Å². The van der Waals surface area contributed by atoms with Gasteiger partial charge in [0.25, 0.3) is 0 Å². The van der Waals surface area contributed by atoms with Gasteiger partial charge in [-0.05, 0) is 39.2 Å². The van der Waals surface area contributed by atoms with Crippen molar-refractivity contribution >= 4 is 17.5 Å². The minimum absolute atomic E-state index is 0.0904. The molecule has 0 unspecified atom stereocenters. The molecule has 2 heterocycles. The number of quaternary nitrogens is 1. The Morgan fingerprint density at radius 2 is 1.76 bits per heavy atom. The normalized spacial score (nSPS) is 41.7. The smallest absolute Gasteiger partial charge is 0.312 e. The summed E-state index contributed by atoms with van der Waals surface area (Å²) in [6.45, 7) is 10.2.